The van der Waals surface area contributed by atoms with Crippen LogP contribution in [0.3, 0.4) is 0 Å². The molecule has 7 unspecified atom stereocenters. The smallest absolute Gasteiger partial charge is 0.306 e. The minimum atomic E-state index is 0.0385. The first-order chi connectivity index (χ1) is 13.9. The zero-order valence-corrected chi connectivity index (χ0v) is 19.0. The number of esters is 1. The van der Waals surface area contributed by atoms with E-state index in [4.69, 9.17) is 4.74 Å². The molecule has 4 saturated carbocycles. The Morgan fingerprint density at radius 1 is 0.966 bits per heavy atom. The summed E-state index contributed by atoms with van der Waals surface area (Å²) in [7, 11) is 0. The van der Waals surface area contributed by atoms with Gasteiger partial charge in [-0.2, -0.15) is 0 Å². The van der Waals surface area contributed by atoms with E-state index in [0.29, 0.717) is 29.5 Å². The lowest BCUT2D eigenvalue weighted by molar-refractivity contribution is -0.164. The van der Waals surface area contributed by atoms with Gasteiger partial charge in [0.25, 0.3) is 0 Å². The summed E-state index contributed by atoms with van der Waals surface area (Å²) in [6.45, 7) is 7.13. The monoisotopic (exact) mass is 402 g/mol. The van der Waals surface area contributed by atoms with Gasteiger partial charge in [-0.05, 0) is 80.5 Å². The second kappa shape index (κ2) is 8.35. The first kappa shape index (κ1) is 21.4. The third-order valence-corrected chi connectivity index (χ3v) is 9.90. The van der Waals surface area contributed by atoms with Crippen LogP contribution >= 0.6 is 0 Å². The summed E-state index contributed by atoms with van der Waals surface area (Å²) in [5.74, 6) is 3.41. The molecule has 7 atom stereocenters. The van der Waals surface area contributed by atoms with Crippen molar-refractivity contribution in [1.82, 2.24) is 0 Å². The van der Waals surface area contributed by atoms with E-state index in [1.807, 2.05) is 0 Å². The van der Waals surface area contributed by atoms with E-state index in [1.54, 1.807) is 0 Å². The highest BCUT2D eigenvalue weighted by Crippen LogP contribution is 2.66. The molecule has 0 amide bonds. The average molecular weight is 403 g/mol. The van der Waals surface area contributed by atoms with E-state index < -0.39 is 0 Å². The number of ether oxygens (including phenoxy) is 1. The summed E-state index contributed by atoms with van der Waals surface area (Å²) in [4.78, 5) is 24.5. The molecular formula is C26H42O3. The molecule has 0 spiro atoms. The molecule has 3 heteroatoms. The maximum Gasteiger partial charge on any atom is 0.306 e. The predicted molar refractivity (Wildman–Crippen MR) is 115 cm³/mol. The van der Waals surface area contributed by atoms with Crippen molar-refractivity contribution in [1.29, 1.82) is 0 Å². The summed E-state index contributed by atoms with van der Waals surface area (Å²) < 4.78 is 6.11. The predicted octanol–water partition coefficient (Wildman–Crippen LogP) is 6.48. The summed E-state index contributed by atoms with van der Waals surface area (Å²) in [6, 6.07) is 0. The SMILES string of the molecule is CCCCCCC(=O)OC1CCC2C3CCC4CC(=O)CCC4(C)C3CCC12C. The van der Waals surface area contributed by atoms with E-state index >= 15 is 0 Å². The summed E-state index contributed by atoms with van der Waals surface area (Å²) >= 11 is 0. The Balaban J connectivity index is 1.41. The number of rotatable bonds is 6. The fourth-order valence-corrected chi connectivity index (χ4v) is 8.10. The molecule has 4 aliphatic rings. The molecule has 0 radical (unpaired) electrons. The fraction of sp³-hybridized carbons (Fsp3) is 0.923. The Labute approximate surface area is 177 Å². The van der Waals surface area contributed by atoms with Gasteiger partial charge in [-0.1, -0.05) is 40.0 Å². The lowest BCUT2D eigenvalue weighted by atomic mass is 9.45. The molecule has 3 nitrogen and oxygen atoms in total. The van der Waals surface area contributed by atoms with E-state index in [-0.39, 0.29) is 17.5 Å². The fourth-order valence-electron chi connectivity index (χ4n) is 8.10. The van der Waals surface area contributed by atoms with Crippen molar-refractivity contribution >= 4 is 11.8 Å². The van der Waals surface area contributed by atoms with Crippen LogP contribution in [0.4, 0.5) is 0 Å². The molecule has 4 rings (SSSR count). The van der Waals surface area contributed by atoms with Gasteiger partial charge in [0.1, 0.15) is 11.9 Å². The molecule has 29 heavy (non-hydrogen) atoms. The first-order valence-electron chi connectivity index (χ1n) is 12.6. The van der Waals surface area contributed by atoms with Gasteiger partial charge in [0.15, 0.2) is 0 Å². The molecule has 0 heterocycles. The van der Waals surface area contributed by atoms with Crippen molar-refractivity contribution < 1.29 is 14.3 Å². The van der Waals surface area contributed by atoms with E-state index in [2.05, 4.69) is 20.8 Å². The minimum absolute atomic E-state index is 0.0385. The molecule has 0 N–H and O–H groups in total. The van der Waals surface area contributed by atoms with Gasteiger partial charge in [-0.15, -0.1) is 0 Å². The lowest BCUT2D eigenvalue weighted by Gasteiger charge is -2.60. The molecule has 0 saturated heterocycles. The maximum atomic E-state index is 12.5. The van der Waals surface area contributed by atoms with Gasteiger partial charge in [-0.25, -0.2) is 0 Å². The molecule has 164 valence electrons. The highest BCUT2D eigenvalue weighted by atomic mass is 16.5. The largest absolute Gasteiger partial charge is 0.462 e. The lowest BCUT2D eigenvalue weighted by Crippen LogP contribution is -2.54. The summed E-state index contributed by atoms with van der Waals surface area (Å²) in [5.41, 5.74) is 0.542. The van der Waals surface area contributed by atoms with E-state index in [0.717, 1.165) is 50.4 Å². The molecule has 4 fully saturated rings. The third kappa shape index (κ3) is 3.81. The average Bonchev–Trinajstić information content (AvgIpc) is 3.02. The third-order valence-electron chi connectivity index (χ3n) is 9.90. The van der Waals surface area contributed by atoms with Gasteiger partial charge >= 0.3 is 5.97 Å². The van der Waals surface area contributed by atoms with Crippen LogP contribution in [-0.4, -0.2) is 17.9 Å². The van der Waals surface area contributed by atoms with Crippen molar-refractivity contribution in [3.63, 3.8) is 0 Å². The molecule has 0 aliphatic heterocycles. The summed E-state index contributed by atoms with van der Waals surface area (Å²) in [5, 5.41) is 0. The minimum Gasteiger partial charge on any atom is -0.462 e. The molecule has 0 bridgehead atoms. The molecule has 0 aromatic carbocycles. The Bertz CT molecular complexity index is 627. The number of unbranched alkanes of at least 4 members (excludes halogenated alkanes) is 3. The second-order valence-corrected chi connectivity index (χ2v) is 11.3. The number of Topliss-reactive ketones (excluding diaryl/α,β-unsaturated/α-hetero) is 1. The van der Waals surface area contributed by atoms with Crippen LogP contribution in [0.15, 0.2) is 0 Å². The quantitative estimate of drug-likeness (QED) is 0.377. The van der Waals surface area contributed by atoms with Crippen LogP contribution in [0.2, 0.25) is 0 Å². The van der Waals surface area contributed by atoms with Crippen LogP contribution in [0, 0.1) is 34.5 Å². The topological polar surface area (TPSA) is 43.4 Å². The zero-order chi connectivity index (χ0) is 20.6. The summed E-state index contributed by atoms with van der Waals surface area (Å²) in [6.07, 6.45) is 15.3. The number of hydrogen-bond acceptors (Lipinski definition) is 3. The van der Waals surface area contributed by atoms with Crippen molar-refractivity contribution in [2.24, 2.45) is 34.5 Å². The van der Waals surface area contributed by atoms with Crippen LogP contribution in [-0.2, 0) is 14.3 Å². The standard InChI is InChI=1S/C26H42O3/c1-4-5-6-7-8-24(28)29-23-12-11-21-20-10-9-18-17-19(27)13-15-25(18,2)22(20)14-16-26(21,23)3/h18,20-23H,4-17H2,1-3H3. The van der Waals surface area contributed by atoms with Gasteiger partial charge in [0, 0.05) is 24.7 Å². The van der Waals surface area contributed by atoms with Gasteiger partial charge in [-0.3, -0.25) is 9.59 Å². The van der Waals surface area contributed by atoms with Crippen molar-refractivity contribution in [3.05, 3.63) is 0 Å². The van der Waals surface area contributed by atoms with Crippen LogP contribution in [0.5, 0.6) is 0 Å². The van der Waals surface area contributed by atoms with Gasteiger partial charge < -0.3 is 4.74 Å². The second-order valence-electron chi connectivity index (χ2n) is 11.3. The molecule has 0 aromatic rings. The van der Waals surface area contributed by atoms with Crippen molar-refractivity contribution in [3.8, 4) is 0 Å². The van der Waals surface area contributed by atoms with Crippen molar-refractivity contribution in [2.45, 2.75) is 117 Å². The number of fused-ring (bicyclic) bond motifs is 5. The normalized spacial score (nSPS) is 44.0. The Morgan fingerprint density at radius 2 is 1.76 bits per heavy atom. The van der Waals surface area contributed by atoms with Crippen LogP contribution in [0.25, 0.3) is 0 Å². The van der Waals surface area contributed by atoms with Gasteiger partial charge in [0.05, 0.1) is 0 Å². The number of carbonyl (C=O) groups is 2. The highest BCUT2D eigenvalue weighted by molar-refractivity contribution is 5.79. The highest BCUT2D eigenvalue weighted by Gasteiger charge is 2.61. The number of hydrogen-bond donors (Lipinski definition) is 0. The van der Waals surface area contributed by atoms with Crippen molar-refractivity contribution in [2.75, 3.05) is 0 Å². The zero-order valence-electron chi connectivity index (χ0n) is 19.0. The van der Waals surface area contributed by atoms with Gasteiger partial charge in [0.2, 0.25) is 0 Å². The van der Waals surface area contributed by atoms with E-state index in [9.17, 15) is 9.59 Å². The van der Waals surface area contributed by atoms with Crippen LogP contribution in [0.1, 0.15) is 111 Å². The number of carbonyl (C=O) groups excluding carboxylic acids is 2. The number of ketones is 1. The van der Waals surface area contributed by atoms with Crippen LogP contribution < -0.4 is 0 Å². The Hall–Kier alpha value is -0.860. The Kier molecular flexibility index (Phi) is 6.15. The molecule has 4 aliphatic carbocycles. The molecule has 0 aromatic heterocycles. The molecular weight excluding hydrogens is 360 g/mol. The maximum absolute atomic E-state index is 12.5. The first-order valence-corrected chi connectivity index (χ1v) is 12.6. The van der Waals surface area contributed by atoms with E-state index in [1.165, 1.54) is 44.9 Å². The Morgan fingerprint density at radius 3 is 2.55 bits per heavy atom.